The van der Waals surface area contributed by atoms with Crippen LogP contribution in [0.4, 0.5) is 5.69 Å². The van der Waals surface area contributed by atoms with E-state index >= 15 is 0 Å². The lowest BCUT2D eigenvalue weighted by molar-refractivity contribution is 0.266. The number of hydrogen-bond donors (Lipinski definition) is 1. The molecule has 1 heterocycles. The van der Waals surface area contributed by atoms with Crippen LogP contribution in [0.2, 0.25) is 0 Å². The Morgan fingerprint density at radius 3 is 2.43 bits per heavy atom. The number of oxazole rings is 1. The molecule has 108 valence electrons. The van der Waals surface area contributed by atoms with Gasteiger partial charge in [0, 0.05) is 0 Å². The molecule has 2 N–H and O–H groups in total. The lowest BCUT2D eigenvalue weighted by Crippen LogP contribution is -1.96. The van der Waals surface area contributed by atoms with Crippen LogP contribution in [-0.4, -0.2) is 11.6 Å². The Morgan fingerprint density at radius 1 is 1.05 bits per heavy atom. The van der Waals surface area contributed by atoms with E-state index in [1.54, 1.807) is 6.07 Å². The van der Waals surface area contributed by atoms with Crippen molar-refractivity contribution in [1.29, 1.82) is 0 Å². The van der Waals surface area contributed by atoms with Gasteiger partial charge in [-0.15, -0.1) is 0 Å². The summed E-state index contributed by atoms with van der Waals surface area (Å²) in [6.07, 6.45) is 0. The number of hydrogen-bond acceptors (Lipinski definition) is 5. The number of nitrogens with two attached hydrogens (primary N) is 1. The monoisotopic (exact) mass is 284 g/mol. The van der Waals surface area contributed by atoms with Crippen LogP contribution in [-0.2, 0) is 6.61 Å². The van der Waals surface area contributed by atoms with Crippen molar-refractivity contribution in [3.05, 3.63) is 48.4 Å². The molecule has 0 aliphatic rings. The van der Waals surface area contributed by atoms with Gasteiger partial charge in [0.1, 0.15) is 17.0 Å². The van der Waals surface area contributed by atoms with Crippen LogP contribution in [0.3, 0.4) is 0 Å². The van der Waals surface area contributed by atoms with E-state index in [1.807, 2.05) is 43.3 Å². The molecule has 3 aromatic rings. The zero-order valence-corrected chi connectivity index (χ0v) is 11.7. The van der Waals surface area contributed by atoms with Crippen LogP contribution in [0, 0.1) is 0 Å². The molecule has 0 aliphatic carbocycles. The average molecular weight is 284 g/mol. The van der Waals surface area contributed by atoms with Gasteiger partial charge in [-0.3, -0.25) is 0 Å². The molecule has 0 bridgehead atoms. The van der Waals surface area contributed by atoms with Crippen LogP contribution in [0.1, 0.15) is 12.8 Å². The Kier molecular flexibility index (Phi) is 3.64. The molecule has 0 saturated carbocycles. The number of fused-ring (bicyclic) bond motifs is 1. The highest BCUT2D eigenvalue weighted by Crippen LogP contribution is 2.23. The Morgan fingerprint density at radius 2 is 1.76 bits per heavy atom. The van der Waals surface area contributed by atoms with Crippen molar-refractivity contribution < 1.29 is 13.9 Å². The van der Waals surface area contributed by atoms with E-state index in [2.05, 4.69) is 4.98 Å². The van der Waals surface area contributed by atoms with Crippen molar-refractivity contribution in [2.75, 3.05) is 12.3 Å². The molecular weight excluding hydrogens is 268 g/mol. The molecule has 0 amide bonds. The summed E-state index contributed by atoms with van der Waals surface area (Å²) < 4.78 is 16.6. The maximum atomic E-state index is 5.84. The molecule has 2 aromatic carbocycles. The van der Waals surface area contributed by atoms with E-state index in [4.69, 9.17) is 19.6 Å². The predicted molar refractivity (Wildman–Crippen MR) is 80.4 cm³/mol. The zero-order valence-electron chi connectivity index (χ0n) is 11.7. The minimum Gasteiger partial charge on any atom is -0.494 e. The van der Waals surface area contributed by atoms with Crippen molar-refractivity contribution in [3.8, 4) is 11.5 Å². The SMILES string of the molecule is CCOc1ccc(OCc2nc3c(N)cccc3o2)cc1. The van der Waals surface area contributed by atoms with Gasteiger partial charge in [-0.25, -0.2) is 4.98 Å². The fraction of sp³-hybridized carbons (Fsp3) is 0.188. The number of anilines is 1. The first-order chi connectivity index (χ1) is 10.3. The number of aromatic nitrogens is 1. The van der Waals surface area contributed by atoms with Gasteiger partial charge in [0.05, 0.1) is 12.3 Å². The summed E-state index contributed by atoms with van der Waals surface area (Å²) in [4.78, 5) is 4.33. The summed E-state index contributed by atoms with van der Waals surface area (Å²) in [5.41, 5.74) is 7.78. The second-order valence-electron chi connectivity index (χ2n) is 4.49. The maximum Gasteiger partial charge on any atom is 0.233 e. The van der Waals surface area contributed by atoms with Crippen LogP contribution in [0.5, 0.6) is 11.5 Å². The van der Waals surface area contributed by atoms with Gasteiger partial charge in [-0.05, 0) is 43.3 Å². The molecule has 0 fully saturated rings. The van der Waals surface area contributed by atoms with Crippen molar-refractivity contribution >= 4 is 16.8 Å². The first-order valence-electron chi connectivity index (χ1n) is 6.76. The number of nitrogens with zero attached hydrogens (tertiary/aromatic N) is 1. The number of benzene rings is 2. The molecule has 5 heteroatoms. The van der Waals surface area contributed by atoms with E-state index in [1.165, 1.54) is 0 Å². The lowest BCUT2D eigenvalue weighted by atomic mass is 10.3. The highest BCUT2D eigenvalue weighted by atomic mass is 16.5. The summed E-state index contributed by atoms with van der Waals surface area (Å²) in [6.45, 7) is 2.84. The third-order valence-corrected chi connectivity index (χ3v) is 2.99. The normalized spacial score (nSPS) is 10.7. The fourth-order valence-corrected chi connectivity index (χ4v) is 2.02. The Bertz CT molecular complexity index is 735. The molecule has 0 atom stereocenters. The van der Waals surface area contributed by atoms with Crippen molar-refractivity contribution in [3.63, 3.8) is 0 Å². The maximum absolute atomic E-state index is 5.84. The van der Waals surface area contributed by atoms with Gasteiger partial charge < -0.3 is 19.6 Å². The largest absolute Gasteiger partial charge is 0.494 e. The van der Waals surface area contributed by atoms with Gasteiger partial charge in [0.25, 0.3) is 0 Å². The summed E-state index contributed by atoms with van der Waals surface area (Å²) in [5.74, 6) is 2.05. The molecule has 3 rings (SSSR count). The summed E-state index contributed by atoms with van der Waals surface area (Å²) in [7, 11) is 0. The topological polar surface area (TPSA) is 70.5 Å². The average Bonchev–Trinajstić information content (AvgIpc) is 2.91. The molecule has 5 nitrogen and oxygen atoms in total. The first kappa shape index (κ1) is 13.3. The van der Waals surface area contributed by atoms with Gasteiger partial charge in [0.2, 0.25) is 5.89 Å². The van der Waals surface area contributed by atoms with Crippen molar-refractivity contribution in [2.24, 2.45) is 0 Å². The van der Waals surface area contributed by atoms with Crippen LogP contribution >= 0.6 is 0 Å². The molecule has 21 heavy (non-hydrogen) atoms. The third-order valence-electron chi connectivity index (χ3n) is 2.99. The number of rotatable bonds is 5. The second-order valence-corrected chi connectivity index (χ2v) is 4.49. The van der Waals surface area contributed by atoms with Gasteiger partial charge in [-0.1, -0.05) is 6.07 Å². The van der Waals surface area contributed by atoms with E-state index in [-0.39, 0.29) is 6.61 Å². The quantitative estimate of drug-likeness (QED) is 0.727. The van der Waals surface area contributed by atoms with Crippen LogP contribution in [0.15, 0.2) is 46.9 Å². The van der Waals surface area contributed by atoms with Crippen molar-refractivity contribution in [1.82, 2.24) is 4.98 Å². The zero-order chi connectivity index (χ0) is 14.7. The second kappa shape index (κ2) is 5.75. The Hall–Kier alpha value is -2.69. The highest BCUT2D eigenvalue weighted by molar-refractivity contribution is 5.85. The van der Waals surface area contributed by atoms with Crippen LogP contribution < -0.4 is 15.2 Å². The molecule has 0 spiro atoms. The predicted octanol–water partition coefficient (Wildman–Crippen LogP) is 3.39. The molecule has 0 unspecified atom stereocenters. The summed E-state index contributed by atoms with van der Waals surface area (Å²) in [6, 6.07) is 12.9. The standard InChI is InChI=1S/C16H16N2O3/c1-2-19-11-6-8-12(9-7-11)20-10-15-18-16-13(17)4-3-5-14(16)21-15/h3-9H,2,10,17H2,1H3. The lowest BCUT2D eigenvalue weighted by Gasteiger charge is -2.05. The van der Waals surface area contributed by atoms with Crippen LogP contribution in [0.25, 0.3) is 11.1 Å². The van der Waals surface area contributed by atoms with Gasteiger partial charge in [0.15, 0.2) is 12.2 Å². The highest BCUT2D eigenvalue weighted by Gasteiger charge is 2.08. The Balaban J connectivity index is 1.69. The number of para-hydroxylation sites is 1. The van der Waals surface area contributed by atoms with Crippen molar-refractivity contribution in [2.45, 2.75) is 13.5 Å². The Labute approximate surface area is 122 Å². The minimum absolute atomic E-state index is 0.252. The molecular formula is C16H16N2O3. The third kappa shape index (κ3) is 2.91. The number of ether oxygens (including phenoxy) is 2. The molecule has 1 aromatic heterocycles. The smallest absolute Gasteiger partial charge is 0.233 e. The fourth-order valence-electron chi connectivity index (χ4n) is 2.02. The van der Waals surface area contributed by atoms with Gasteiger partial charge in [-0.2, -0.15) is 0 Å². The first-order valence-corrected chi connectivity index (χ1v) is 6.76. The van der Waals surface area contributed by atoms with E-state index < -0.39 is 0 Å². The van der Waals surface area contributed by atoms with E-state index in [0.29, 0.717) is 29.3 Å². The summed E-state index contributed by atoms with van der Waals surface area (Å²) in [5, 5.41) is 0. The molecule has 0 radical (unpaired) electrons. The van der Waals surface area contributed by atoms with E-state index in [0.717, 1.165) is 11.5 Å². The minimum atomic E-state index is 0.252. The molecule has 0 saturated heterocycles. The molecule has 0 aliphatic heterocycles. The summed E-state index contributed by atoms with van der Waals surface area (Å²) >= 11 is 0. The number of nitrogen functional groups attached to an aromatic ring is 1. The van der Waals surface area contributed by atoms with Gasteiger partial charge >= 0.3 is 0 Å². The van der Waals surface area contributed by atoms with E-state index in [9.17, 15) is 0 Å².